The Morgan fingerprint density at radius 1 is 1.46 bits per heavy atom. The summed E-state index contributed by atoms with van der Waals surface area (Å²) in [6.07, 6.45) is 10.1. The number of rotatable bonds is 3. The fraction of sp³-hybridized carbons (Fsp3) is 0.727. The second-order valence-corrected chi connectivity index (χ2v) is 4.45. The summed E-state index contributed by atoms with van der Waals surface area (Å²) in [6.45, 7) is 0. The number of carbonyl (C=O) groups is 1. The number of allylic oxidation sites excluding steroid dienone is 2. The zero-order valence-electron chi connectivity index (χ0n) is 7.83. The Balaban J connectivity index is 2.08. The Bertz CT molecular complexity index is 240. The van der Waals surface area contributed by atoms with Crippen LogP contribution < -0.4 is 0 Å². The predicted molar refractivity (Wildman–Crippen MR) is 50.4 cm³/mol. The monoisotopic (exact) mass is 180 g/mol. The summed E-state index contributed by atoms with van der Waals surface area (Å²) in [5.41, 5.74) is -0.407. The molecule has 0 aromatic carbocycles. The van der Waals surface area contributed by atoms with Gasteiger partial charge in [0.1, 0.15) is 0 Å². The third-order valence-corrected chi connectivity index (χ3v) is 3.29. The van der Waals surface area contributed by atoms with E-state index >= 15 is 0 Å². The number of aliphatic carboxylic acids is 1. The third kappa shape index (κ3) is 1.77. The molecule has 72 valence electrons. The largest absolute Gasteiger partial charge is 0.481 e. The molecule has 2 heteroatoms. The van der Waals surface area contributed by atoms with Gasteiger partial charge in [-0.2, -0.15) is 0 Å². The van der Waals surface area contributed by atoms with Crippen LogP contribution in [-0.2, 0) is 4.79 Å². The molecular weight excluding hydrogens is 164 g/mol. The molecule has 0 aliphatic heterocycles. The Morgan fingerprint density at radius 2 is 2.23 bits per heavy atom. The molecule has 0 amide bonds. The fourth-order valence-corrected chi connectivity index (χ4v) is 2.23. The van der Waals surface area contributed by atoms with Crippen LogP contribution in [0.4, 0.5) is 0 Å². The Kier molecular flexibility index (Phi) is 2.14. The first-order valence-electron chi connectivity index (χ1n) is 5.11. The van der Waals surface area contributed by atoms with Crippen molar-refractivity contribution in [1.82, 2.24) is 0 Å². The molecule has 1 atom stereocenters. The van der Waals surface area contributed by atoms with Crippen molar-refractivity contribution in [3.05, 3.63) is 12.2 Å². The summed E-state index contributed by atoms with van der Waals surface area (Å²) in [4.78, 5) is 11.2. The van der Waals surface area contributed by atoms with E-state index in [-0.39, 0.29) is 0 Å². The van der Waals surface area contributed by atoms with Crippen LogP contribution in [0.2, 0.25) is 0 Å². The number of carboxylic acid groups (broad SMARTS) is 1. The first-order chi connectivity index (χ1) is 6.23. The number of hydrogen-bond donors (Lipinski definition) is 1. The Morgan fingerprint density at radius 3 is 2.69 bits per heavy atom. The number of carboxylic acids is 1. The molecule has 0 aromatic rings. The predicted octanol–water partition coefficient (Wildman–Crippen LogP) is 2.60. The minimum absolute atomic E-state index is 0.407. The molecule has 13 heavy (non-hydrogen) atoms. The molecular formula is C11H16O2. The molecule has 0 heterocycles. The average molecular weight is 180 g/mol. The summed E-state index contributed by atoms with van der Waals surface area (Å²) < 4.78 is 0. The minimum atomic E-state index is -0.580. The van der Waals surface area contributed by atoms with Crippen LogP contribution in [-0.4, -0.2) is 11.1 Å². The quantitative estimate of drug-likeness (QED) is 0.678. The van der Waals surface area contributed by atoms with Gasteiger partial charge >= 0.3 is 5.97 Å². The van der Waals surface area contributed by atoms with Crippen LogP contribution in [0.5, 0.6) is 0 Å². The highest BCUT2D eigenvalue weighted by Crippen LogP contribution is 2.46. The second-order valence-electron chi connectivity index (χ2n) is 4.45. The molecule has 0 spiro atoms. The maximum Gasteiger partial charge on any atom is 0.309 e. The highest BCUT2D eigenvalue weighted by Gasteiger charge is 2.42. The van der Waals surface area contributed by atoms with Gasteiger partial charge in [-0.1, -0.05) is 25.0 Å². The molecule has 1 saturated carbocycles. The normalized spacial score (nSPS) is 33.2. The number of hydrogen-bond acceptors (Lipinski definition) is 1. The lowest BCUT2D eigenvalue weighted by Crippen LogP contribution is -2.32. The summed E-state index contributed by atoms with van der Waals surface area (Å²) in [5.74, 6) is 0.131. The van der Waals surface area contributed by atoms with Gasteiger partial charge in [-0.05, 0) is 31.6 Å². The lowest BCUT2D eigenvalue weighted by atomic mass is 9.73. The molecule has 0 saturated heterocycles. The van der Waals surface area contributed by atoms with E-state index in [1.807, 2.05) is 6.08 Å². The zero-order valence-corrected chi connectivity index (χ0v) is 7.83. The first kappa shape index (κ1) is 8.79. The molecule has 2 nitrogen and oxygen atoms in total. The van der Waals surface area contributed by atoms with E-state index < -0.39 is 11.4 Å². The fourth-order valence-electron chi connectivity index (χ4n) is 2.23. The summed E-state index contributed by atoms with van der Waals surface area (Å²) in [7, 11) is 0. The summed E-state index contributed by atoms with van der Waals surface area (Å²) in [6, 6.07) is 0. The van der Waals surface area contributed by atoms with Crippen molar-refractivity contribution in [2.24, 2.45) is 11.3 Å². The molecule has 2 rings (SSSR count). The van der Waals surface area contributed by atoms with Crippen molar-refractivity contribution in [2.75, 3.05) is 0 Å². The van der Waals surface area contributed by atoms with Crippen LogP contribution in [0.1, 0.15) is 38.5 Å². The summed E-state index contributed by atoms with van der Waals surface area (Å²) in [5, 5.41) is 9.23. The standard InChI is InChI=1S/C11H16O2/c12-10(13)11(8-9-4-5-9)6-2-1-3-7-11/h1-2,9H,3-8H2,(H,12,13). The molecule has 1 N–H and O–H groups in total. The highest BCUT2D eigenvalue weighted by molar-refractivity contribution is 5.75. The topological polar surface area (TPSA) is 37.3 Å². The lowest BCUT2D eigenvalue weighted by Gasteiger charge is -2.30. The molecule has 2 aliphatic rings. The van der Waals surface area contributed by atoms with Crippen LogP contribution in [0.3, 0.4) is 0 Å². The maximum atomic E-state index is 11.2. The van der Waals surface area contributed by atoms with Gasteiger partial charge in [0.05, 0.1) is 5.41 Å². The van der Waals surface area contributed by atoms with E-state index in [4.69, 9.17) is 0 Å². The SMILES string of the molecule is O=C(O)C1(CC2CC2)CC=CCC1. The van der Waals surface area contributed by atoms with Gasteiger partial charge in [0.25, 0.3) is 0 Å². The van der Waals surface area contributed by atoms with Crippen molar-refractivity contribution in [1.29, 1.82) is 0 Å². The maximum absolute atomic E-state index is 11.2. The van der Waals surface area contributed by atoms with E-state index in [0.29, 0.717) is 5.92 Å². The minimum Gasteiger partial charge on any atom is -0.481 e. The van der Waals surface area contributed by atoms with Crippen molar-refractivity contribution in [3.63, 3.8) is 0 Å². The van der Waals surface area contributed by atoms with Gasteiger partial charge < -0.3 is 5.11 Å². The van der Waals surface area contributed by atoms with E-state index in [2.05, 4.69) is 6.08 Å². The van der Waals surface area contributed by atoms with Crippen LogP contribution >= 0.6 is 0 Å². The average Bonchev–Trinajstić information content (AvgIpc) is 2.90. The first-order valence-corrected chi connectivity index (χ1v) is 5.11. The zero-order chi connectivity index (χ0) is 9.31. The van der Waals surface area contributed by atoms with Gasteiger partial charge in [-0.25, -0.2) is 0 Å². The smallest absolute Gasteiger partial charge is 0.309 e. The molecule has 0 radical (unpaired) electrons. The van der Waals surface area contributed by atoms with Crippen molar-refractivity contribution < 1.29 is 9.90 Å². The van der Waals surface area contributed by atoms with Crippen LogP contribution in [0.25, 0.3) is 0 Å². The lowest BCUT2D eigenvalue weighted by molar-refractivity contribution is -0.150. The second kappa shape index (κ2) is 3.17. The Labute approximate surface area is 78.6 Å². The summed E-state index contributed by atoms with van der Waals surface area (Å²) >= 11 is 0. The van der Waals surface area contributed by atoms with E-state index in [0.717, 1.165) is 25.7 Å². The molecule has 0 bridgehead atoms. The Hall–Kier alpha value is -0.790. The van der Waals surface area contributed by atoms with Crippen LogP contribution in [0, 0.1) is 11.3 Å². The van der Waals surface area contributed by atoms with Gasteiger partial charge in [-0.15, -0.1) is 0 Å². The van der Waals surface area contributed by atoms with Crippen molar-refractivity contribution >= 4 is 5.97 Å². The molecule has 0 aromatic heterocycles. The van der Waals surface area contributed by atoms with Crippen LogP contribution in [0.15, 0.2) is 12.2 Å². The van der Waals surface area contributed by atoms with Crippen molar-refractivity contribution in [2.45, 2.75) is 38.5 Å². The molecule has 2 aliphatic carbocycles. The molecule has 1 fully saturated rings. The van der Waals surface area contributed by atoms with Gasteiger partial charge in [0.15, 0.2) is 0 Å². The van der Waals surface area contributed by atoms with E-state index in [1.54, 1.807) is 0 Å². The highest BCUT2D eigenvalue weighted by atomic mass is 16.4. The van der Waals surface area contributed by atoms with Gasteiger partial charge in [-0.3, -0.25) is 4.79 Å². The van der Waals surface area contributed by atoms with Gasteiger partial charge in [0, 0.05) is 0 Å². The van der Waals surface area contributed by atoms with E-state index in [1.165, 1.54) is 12.8 Å². The van der Waals surface area contributed by atoms with E-state index in [9.17, 15) is 9.90 Å². The molecule has 1 unspecified atom stereocenters. The third-order valence-electron chi connectivity index (χ3n) is 3.29. The van der Waals surface area contributed by atoms with Gasteiger partial charge in [0.2, 0.25) is 0 Å². The van der Waals surface area contributed by atoms with Crippen molar-refractivity contribution in [3.8, 4) is 0 Å².